The fraction of sp³-hybridized carbons (Fsp3) is 0.200. The molecule has 0 saturated carbocycles. The molecule has 0 aliphatic heterocycles. The molecular weight excluding hydrogens is 452 g/mol. The molecule has 3 heterocycles. The van der Waals surface area contributed by atoms with Gasteiger partial charge in [0, 0.05) is 22.5 Å². The molecule has 4 rings (SSSR count). The zero-order chi connectivity index (χ0) is 22.2. The van der Waals surface area contributed by atoms with Crippen LogP contribution in [0.2, 0.25) is 0 Å². The van der Waals surface area contributed by atoms with Gasteiger partial charge in [-0.1, -0.05) is 0 Å². The van der Waals surface area contributed by atoms with Gasteiger partial charge in [0.1, 0.15) is 0 Å². The van der Waals surface area contributed by atoms with Crippen LogP contribution in [0.4, 0.5) is 16.8 Å². The maximum absolute atomic E-state index is 12.7. The maximum atomic E-state index is 12.7. The van der Waals surface area contributed by atoms with Gasteiger partial charge in [0.25, 0.3) is 10.0 Å². The monoisotopic (exact) mass is 472 g/mol. The third-order valence-corrected chi connectivity index (χ3v) is 7.46. The summed E-state index contributed by atoms with van der Waals surface area (Å²) in [6.07, 6.45) is 0. The van der Waals surface area contributed by atoms with Crippen LogP contribution in [0.1, 0.15) is 22.1 Å². The Bertz CT molecular complexity index is 1320. The van der Waals surface area contributed by atoms with Gasteiger partial charge in [0.05, 0.1) is 26.2 Å². The minimum absolute atomic E-state index is 0.0589. The summed E-state index contributed by atoms with van der Waals surface area (Å²) in [4.78, 5) is 18.5. The standard InChI is InChI=1S/C20H20N6O2S3/c1-11-9-12(2)22-19(21-11)26-31(27,28)16-7-5-15(6-8-16)24-20-25-17(10-29-20)18-13(3)23-14(4)30-18/h5-10H,1-4H3,(H,24,25)(H,21,22,26). The van der Waals surface area contributed by atoms with Crippen molar-refractivity contribution >= 4 is 49.5 Å². The third kappa shape index (κ3) is 4.89. The number of nitrogens with one attached hydrogen (secondary N) is 2. The number of hydrogen-bond donors (Lipinski definition) is 2. The summed E-state index contributed by atoms with van der Waals surface area (Å²) in [6.45, 7) is 7.52. The van der Waals surface area contributed by atoms with Crippen molar-refractivity contribution in [2.24, 2.45) is 0 Å². The van der Waals surface area contributed by atoms with Crippen molar-refractivity contribution in [2.45, 2.75) is 32.6 Å². The van der Waals surface area contributed by atoms with E-state index >= 15 is 0 Å². The number of rotatable bonds is 6. The Morgan fingerprint density at radius 3 is 2.19 bits per heavy atom. The van der Waals surface area contributed by atoms with Gasteiger partial charge in [-0.15, -0.1) is 22.7 Å². The molecule has 0 unspecified atom stereocenters. The van der Waals surface area contributed by atoms with Crippen LogP contribution < -0.4 is 10.0 Å². The number of aromatic nitrogens is 4. The molecule has 3 aromatic heterocycles. The van der Waals surface area contributed by atoms with E-state index in [9.17, 15) is 8.42 Å². The SMILES string of the molecule is Cc1cc(C)nc(NS(=O)(=O)c2ccc(Nc3nc(-c4sc(C)nc4C)cs3)cc2)n1. The van der Waals surface area contributed by atoms with Crippen LogP contribution in [0.5, 0.6) is 0 Å². The van der Waals surface area contributed by atoms with Gasteiger partial charge in [-0.2, -0.15) is 0 Å². The number of benzene rings is 1. The zero-order valence-electron chi connectivity index (χ0n) is 17.3. The van der Waals surface area contributed by atoms with Crippen molar-refractivity contribution in [3.05, 3.63) is 57.8 Å². The van der Waals surface area contributed by atoms with Crippen molar-refractivity contribution in [1.82, 2.24) is 19.9 Å². The molecule has 0 amide bonds. The smallest absolute Gasteiger partial charge is 0.264 e. The predicted molar refractivity (Wildman–Crippen MR) is 125 cm³/mol. The van der Waals surface area contributed by atoms with Gasteiger partial charge in [-0.25, -0.2) is 33.1 Å². The first kappa shape index (κ1) is 21.3. The number of anilines is 3. The summed E-state index contributed by atoms with van der Waals surface area (Å²) in [6, 6.07) is 8.22. The van der Waals surface area contributed by atoms with E-state index in [1.54, 1.807) is 43.4 Å². The van der Waals surface area contributed by atoms with Gasteiger partial charge in [-0.05, 0) is 58.0 Å². The van der Waals surface area contributed by atoms with E-state index in [0.717, 1.165) is 32.1 Å². The summed E-state index contributed by atoms with van der Waals surface area (Å²) < 4.78 is 27.8. The molecule has 0 fully saturated rings. The van der Waals surface area contributed by atoms with E-state index in [4.69, 9.17) is 0 Å². The van der Waals surface area contributed by atoms with Crippen LogP contribution in [-0.4, -0.2) is 28.4 Å². The van der Waals surface area contributed by atoms with Crippen LogP contribution in [-0.2, 0) is 10.0 Å². The van der Waals surface area contributed by atoms with E-state index in [0.29, 0.717) is 11.4 Å². The number of thiazole rings is 2. The van der Waals surface area contributed by atoms with Gasteiger partial charge < -0.3 is 5.32 Å². The molecule has 1 aromatic carbocycles. The Hall–Kier alpha value is -2.89. The minimum atomic E-state index is -3.79. The average molecular weight is 473 g/mol. The number of hydrogen-bond acceptors (Lipinski definition) is 9. The molecule has 8 nitrogen and oxygen atoms in total. The average Bonchev–Trinajstić information content (AvgIpc) is 3.26. The van der Waals surface area contributed by atoms with Gasteiger partial charge >= 0.3 is 0 Å². The largest absolute Gasteiger partial charge is 0.332 e. The molecule has 31 heavy (non-hydrogen) atoms. The Kier molecular flexibility index (Phi) is 5.73. The second kappa shape index (κ2) is 8.33. The van der Waals surface area contributed by atoms with E-state index in [-0.39, 0.29) is 10.8 Å². The molecule has 0 aliphatic rings. The lowest BCUT2D eigenvalue weighted by molar-refractivity contribution is 0.601. The lowest BCUT2D eigenvalue weighted by Crippen LogP contribution is -2.15. The molecular formula is C20H20N6O2S3. The highest BCUT2D eigenvalue weighted by atomic mass is 32.2. The van der Waals surface area contributed by atoms with Crippen molar-refractivity contribution in [1.29, 1.82) is 0 Å². The molecule has 0 radical (unpaired) electrons. The normalized spacial score (nSPS) is 11.5. The number of nitrogens with zero attached hydrogens (tertiary/aromatic N) is 4. The summed E-state index contributed by atoms with van der Waals surface area (Å²) in [7, 11) is -3.79. The van der Waals surface area contributed by atoms with E-state index in [1.807, 2.05) is 19.2 Å². The highest BCUT2D eigenvalue weighted by Crippen LogP contribution is 2.33. The highest BCUT2D eigenvalue weighted by molar-refractivity contribution is 7.92. The molecule has 11 heteroatoms. The maximum Gasteiger partial charge on any atom is 0.264 e. The summed E-state index contributed by atoms with van der Waals surface area (Å²) in [5.41, 5.74) is 3.97. The topological polar surface area (TPSA) is 110 Å². The van der Waals surface area contributed by atoms with Crippen molar-refractivity contribution < 1.29 is 8.42 Å². The summed E-state index contributed by atoms with van der Waals surface area (Å²) in [5, 5.41) is 6.92. The summed E-state index contributed by atoms with van der Waals surface area (Å²) in [5.74, 6) is 0.0589. The zero-order valence-corrected chi connectivity index (χ0v) is 19.7. The fourth-order valence-corrected chi connectivity index (χ4v) is 5.62. The van der Waals surface area contributed by atoms with Crippen LogP contribution in [0.3, 0.4) is 0 Å². The minimum Gasteiger partial charge on any atom is -0.332 e. The quantitative estimate of drug-likeness (QED) is 0.413. The van der Waals surface area contributed by atoms with E-state index in [2.05, 4.69) is 30.0 Å². The summed E-state index contributed by atoms with van der Waals surface area (Å²) >= 11 is 3.10. The second-order valence-electron chi connectivity index (χ2n) is 6.91. The van der Waals surface area contributed by atoms with Gasteiger partial charge in [-0.3, -0.25) is 0 Å². The molecule has 0 atom stereocenters. The first-order valence-electron chi connectivity index (χ1n) is 9.32. The van der Waals surface area contributed by atoms with Gasteiger partial charge in [0.2, 0.25) is 5.95 Å². The Balaban J connectivity index is 1.49. The first-order chi connectivity index (χ1) is 14.7. The highest BCUT2D eigenvalue weighted by Gasteiger charge is 2.17. The Morgan fingerprint density at radius 1 is 0.903 bits per heavy atom. The Labute approximate surface area is 188 Å². The molecule has 0 spiro atoms. The predicted octanol–water partition coefficient (Wildman–Crippen LogP) is 4.83. The molecule has 0 saturated heterocycles. The Morgan fingerprint density at radius 2 is 1.58 bits per heavy atom. The van der Waals surface area contributed by atoms with Crippen molar-refractivity contribution in [2.75, 3.05) is 10.0 Å². The molecule has 4 aromatic rings. The van der Waals surface area contributed by atoms with Crippen molar-refractivity contribution in [3.8, 4) is 10.6 Å². The van der Waals surface area contributed by atoms with Crippen LogP contribution in [0.15, 0.2) is 40.6 Å². The molecule has 0 aliphatic carbocycles. The van der Waals surface area contributed by atoms with Gasteiger partial charge in [0.15, 0.2) is 5.13 Å². The van der Waals surface area contributed by atoms with E-state index < -0.39 is 10.0 Å². The third-order valence-electron chi connectivity index (χ3n) is 4.26. The van der Waals surface area contributed by atoms with Crippen LogP contribution in [0.25, 0.3) is 10.6 Å². The molecule has 2 N–H and O–H groups in total. The molecule has 160 valence electrons. The first-order valence-corrected chi connectivity index (χ1v) is 12.5. The van der Waals surface area contributed by atoms with Crippen molar-refractivity contribution in [3.63, 3.8) is 0 Å². The van der Waals surface area contributed by atoms with Crippen LogP contribution >= 0.6 is 22.7 Å². The molecule has 0 bridgehead atoms. The fourth-order valence-electron chi connectivity index (χ4n) is 3.00. The van der Waals surface area contributed by atoms with Crippen LogP contribution in [0, 0.1) is 27.7 Å². The lowest BCUT2D eigenvalue weighted by atomic mass is 10.3. The number of aryl methyl sites for hydroxylation is 4. The van der Waals surface area contributed by atoms with E-state index in [1.165, 1.54) is 23.5 Å². The number of sulfonamides is 1. The lowest BCUT2D eigenvalue weighted by Gasteiger charge is -2.09. The second-order valence-corrected chi connectivity index (χ2v) is 10.7.